The molecule has 9 nitrogen and oxygen atoms in total. The smallest absolute Gasteiger partial charge is 0.240 e. The molecule has 4 aromatic rings. The van der Waals surface area contributed by atoms with Gasteiger partial charge in [0.15, 0.2) is 11.5 Å². The zero-order valence-corrected chi connectivity index (χ0v) is 20.2. The Labute approximate surface area is 203 Å². The maximum Gasteiger partial charge on any atom is 0.240 e. The van der Waals surface area contributed by atoms with E-state index in [1.165, 1.54) is 19.2 Å². The van der Waals surface area contributed by atoms with Gasteiger partial charge in [0.05, 0.1) is 17.7 Å². The van der Waals surface area contributed by atoms with Crippen LogP contribution in [0.25, 0.3) is 5.65 Å². The highest BCUT2D eigenvalue weighted by molar-refractivity contribution is 7.89. The summed E-state index contributed by atoms with van der Waals surface area (Å²) in [6, 6.07) is 17.4. The molecule has 10 heteroatoms. The normalized spacial score (nSPS) is 11.4. The van der Waals surface area contributed by atoms with E-state index < -0.39 is 10.0 Å². The minimum atomic E-state index is -3.48. The van der Waals surface area contributed by atoms with Crippen molar-refractivity contribution in [1.82, 2.24) is 14.1 Å². The van der Waals surface area contributed by atoms with Gasteiger partial charge in [-0.3, -0.25) is 4.79 Å². The number of carbonyl (C=O) groups excluding carboxylic acids is 1. The van der Waals surface area contributed by atoms with Gasteiger partial charge in [0, 0.05) is 30.6 Å². The standard InChI is InChI=1S/C25H26N4O5S/c1-26-35(31,32)21-10-6-18(7-11-21)8-13-25(30)28-19-9-12-22(33-2)23(15-19)34-17-20-16-29-14-4-3-5-24(29)27-20/h3-7,9-12,14-16,26H,8,13,17H2,1-2H3,(H,28,30). The summed E-state index contributed by atoms with van der Waals surface area (Å²) in [5.41, 5.74) is 3.04. The maximum atomic E-state index is 12.5. The SMILES string of the molecule is CNS(=O)(=O)c1ccc(CCC(=O)Nc2ccc(OC)c(OCc3cn4ccccc4n3)c2)cc1. The van der Waals surface area contributed by atoms with Crippen molar-refractivity contribution < 1.29 is 22.7 Å². The van der Waals surface area contributed by atoms with Crippen LogP contribution in [0.3, 0.4) is 0 Å². The fraction of sp³-hybridized carbons (Fsp3) is 0.200. The molecule has 2 heterocycles. The van der Waals surface area contributed by atoms with Crippen LogP contribution in [0, 0.1) is 0 Å². The molecular weight excluding hydrogens is 468 g/mol. The van der Waals surface area contributed by atoms with Gasteiger partial charge in [-0.15, -0.1) is 0 Å². The second-order valence-corrected chi connectivity index (χ2v) is 9.64. The number of nitrogens with zero attached hydrogens (tertiary/aromatic N) is 2. The second kappa shape index (κ2) is 10.6. The number of hydrogen-bond donors (Lipinski definition) is 2. The first-order valence-electron chi connectivity index (χ1n) is 10.9. The molecule has 0 aliphatic rings. The van der Waals surface area contributed by atoms with Crippen LogP contribution < -0.4 is 19.5 Å². The monoisotopic (exact) mass is 494 g/mol. The molecule has 2 aromatic carbocycles. The molecule has 1 amide bonds. The van der Waals surface area contributed by atoms with Crippen molar-refractivity contribution in [2.45, 2.75) is 24.3 Å². The molecule has 182 valence electrons. The van der Waals surface area contributed by atoms with Crippen LogP contribution in [0.1, 0.15) is 17.7 Å². The predicted molar refractivity (Wildman–Crippen MR) is 132 cm³/mol. The van der Waals surface area contributed by atoms with E-state index in [1.807, 2.05) is 35.0 Å². The van der Waals surface area contributed by atoms with E-state index in [0.29, 0.717) is 23.6 Å². The van der Waals surface area contributed by atoms with Crippen LogP contribution in [0.4, 0.5) is 5.69 Å². The number of fused-ring (bicyclic) bond motifs is 1. The van der Waals surface area contributed by atoms with Gasteiger partial charge in [0.25, 0.3) is 0 Å². The van der Waals surface area contributed by atoms with Gasteiger partial charge in [0.1, 0.15) is 12.3 Å². The molecule has 0 saturated carbocycles. The van der Waals surface area contributed by atoms with Crippen molar-refractivity contribution >= 4 is 27.3 Å². The van der Waals surface area contributed by atoms with Gasteiger partial charge in [-0.05, 0) is 55.4 Å². The average molecular weight is 495 g/mol. The molecule has 0 spiro atoms. The number of hydrogen-bond acceptors (Lipinski definition) is 6. The van der Waals surface area contributed by atoms with Gasteiger partial charge in [-0.25, -0.2) is 18.1 Å². The molecule has 0 radical (unpaired) electrons. The number of methoxy groups -OCH3 is 1. The van der Waals surface area contributed by atoms with E-state index in [0.717, 1.165) is 16.9 Å². The Kier molecular flexibility index (Phi) is 7.33. The van der Waals surface area contributed by atoms with Crippen molar-refractivity contribution in [2.75, 3.05) is 19.5 Å². The van der Waals surface area contributed by atoms with Gasteiger partial charge in [0.2, 0.25) is 15.9 Å². The minimum absolute atomic E-state index is 0.173. The summed E-state index contributed by atoms with van der Waals surface area (Å²) < 4.78 is 39.2. The zero-order valence-electron chi connectivity index (χ0n) is 19.4. The van der Waals surface area contributed by atoms with Crippen LogP contribution in [0.5, 0.6) is 11.5 Å². The number of ether oxygens (including phenoxy) is 2. The predicted octanol–water partition coefficient (Wildman–Crippen LogP) is 3.40. The molecule has 0 fully saturated rings. The molecule has 0 saturated heterocycles. The number of pyridine rings is 1. The third-order valence-electron chi connectivity index (χ3n) is 5.38. The number of benzene rings is 2. The molecule has 0 bridgehead atoms. The van der Waals surface area contributed by atoms with E-state index in [2.05, 4.69) is 15.0 Å². The Balaban J connectivity index is 1.36. The van der Waals surface area contributed by atoms with Crippen molar-refractivity contribution in [3.63, 3.8) is 0 Å². The lowest BCUT2D eigenvalue weighted by atomic mass is 10.1. The van der Waals surface area contributed by atoms with E-state index in [4.69, 9.17) is 9.47 Å². The fourth-order valence-corrected chi connectivity index (χ4v) is 4.24. The number of anilines is 1. The van der Waals surface area contributed by atoms with Crippen molar-refractivity contribution in [1.29, 1.82) is 0 Å². The Morgan fingerprint density at radius 3 is 2.57 bits per heavy atom. The van der Waals surface area contributed by atoms with Crippen molar-refractivity contribution in [2.24, 2.45) is 0 Å². The summed E-state index contributed by atoms with van der Waals surface area (Å²) in [7, 11) is -0.565. The lowest BCUT2D eigenvalue weighted by molar-refractivity contribution is -0.116. The van der Waals surface area contributed by atoms with Crippen molar-refractivity contribution in [3.8, 4) is 11.5 Å². The maximum absolute atomic E-state index is 12.5. The summed E-state index contributed by atoms with van der Waals surface area (Å²) in [5.74, 6) is 0.862. The van der Waals surface area contributed by atoms with Gasteiger partial charge < -0.3 is 19.2 Å². The number of carbonyl (C=O) groups is 1. The van der Waals surface area contributed by atoms with Crippen LogP contribution in [-0.4, -0.2) is 37.9 Å². The summed E-state index contributed by atoms with van der Waals surface area (Å²) in [5, 5.41) is 2.87. The minimum Gasteiger partial charge on any atom is -0.493 e. The molecule has 0 unspecified atom stereocenters. The third kappa shape index (κ3) is 5.97. The lowest BCUT2D eigenvalue weighted by Gasteiger charge is -2.12. The summed E-state index contributed by atoms with van der Waals surface area (Å²) >= 11 is 0. The molecule has 2 N–H and O–H groups in total. The largest absolute Gasteiger partial charge is 0.493 e. The number of rotatable bonds is 10. The summed E-state index contributed by atoms with van der Waals surface area (Å²) in [6.07, 6.45) is 4.52. The van der Waals surface area contributed by atoms with Gasteiger partial charge in [-0.2, -0.15) is 0 Å². The summed E-state index contributed by atoms with van der Waals surface area (Å²) in [6.45, 7) is 0.245. The zero-order chi connectivity index (χ0) is 24.8. The van der Waals surface area contributed by atoms with Crippen LogP contribution in [0.2, 0.25) is 0 Å². The Bertz CT molecular complexity index is 1400. The highest BCUT2D eigenvalue weighted by atomic mass is 32.2. The Hall–Kier alpha value is -3.89. The second-order valence-electron chi connectivity index (χ2n) is 7.75. The third-order valence-corrected chi connectivity index (χ3v) is 6.81. The number of amides is 1. The van der Waals surface area contributed by atoms with Crippen LogP contribution in [-0.2, 0) is 27.8 Å². The Morgan fingerprint density at radius 1 is 1.06 bits per heavy atom. The first-order chi connectivity index (χ1) is 16.9. The highest BCUT2D eigenvalue weighted by Crippen LogP contribution is 2.31. The fourth-order valence-electron chi connectivity index (χ4n) is 3.51. The first-order valence-corrected chi connectivity index (χ1v) is 12.4. The van der Waals surface area contributed by atoms with E-state index >= 15 is 0 Å². The molecule has 0 atom stereocenters. The first kappa shape index (κ1) is 24.2. The van der Waals surface area contributed by atoms with E-state index in [9.17, 15) is 13.2 Å². The van der Waals surface area contributed by atoms with Crippen LogP contribution in [0.15, 0.2) is 78.0 Å². The van der Waals surface area contributed by atoms with Gasteiger partial charge in [-0.1, -0.05) is 18.2 Å². The van der Waals surface area contributed by atoms with Gasteiger partial charge >= 0.3 is 0 Å². The van der Waals surface area contributed by atoms with E-state index in [-0.39, 0.29) is 23.8 Å². The molecule has 35 heavy (non-hydrogen) atoms. The molecule has 0 aliphatic heterocycles. The number of sulfonamides is 1. The quantitative estimate of drug-likeness (QED) is 0.350. The molecular formula is C25H26N4O5S. The van der Waals surface area contributed by atoms with Crippen LogP contribution >= 0.6 is 0 Å². The highest BCUT2D eigenvalue weighted by Gasteiger charge is 2.12. The average Bonchev–Trinajstić information content (AvgIpc) is 3.30. The van der Waals surface area contributed by atoms with Crippen molar-refractivity contribution in [3.05, 3.63) is 84.3 Å². The number of aromatic nitrogens is 2. The number of imidazole rings is 1. The molecule has 4 rings (SSSR count). The lowest BCUT2D eigenvalue weighted by Crippen LogP contribution is -2.18. The molecule has 0 aliphatic carbocycles. The number of nitrogens with one attached hydrogen (secondary N) is 2. The van der Waals surface area contributed by atoms with E-state index in [1.54, 1.807) is 37.4 Å². The Morgan fingerprint density at radius 2 is 1.86 bits per heavy atom. The number of aryl methyl sites for hydroxylation is 1. The topological polar surface area (TPSA) is 111 Å². The molecule has 2 aromatic heterocycles. The summed E-state index contributed by atoms with van der Waals surface area (Å²) in [4.78, 5) is 17.2.